The maximum atomic E-state index is 13.1. The van der Waals surface area contributed by atoms with E-state index in [0.29, 0.717) is 10.1 Å². The molecule has 2 rings (SSSR count). The molecule has 0 saturated heterocycles. The minimum Gasteiger partial charge on any atom is -0.206 e. The topological polar surface area (TPSA) is 0 Å². The molecule has 0 saturated carbocycles. The van der Waals surface area contributed by atoms with Crippen LogP contribution in [-0.4, -0.2) is 0 Å². The predicted octanol–water partition coefficient (Wildman–Crippen LogP) is 4.29. The standard InChI is InChI=1S/C10H7F3S/c1-5-4-14-9-3-8(11)7(10(12)13)2-6(5)9/h2-4,10H,1H3. The predicted molar refractivity (Wildman–Crippen MR) is 51.5 cm³/mol. The van der Waals surface area contributed by atoms with Gasteiger partial charge in [-0.2, -0.15) is 0 Å². The van der Waals surface area contributed by atoms with Crippen LogP contribution in [0.2, 0.25) is 0 Å². The van der Waals surface area contributed by atoms with Crippen LogP contribution in [0.15, 0.2) is 17.5 Å². The zero-order chi connectivity index (χ0) is 10.3. The lowest BCUT2D eigenvalue weighted by Crippen LogP contribution is -1.89. The molecule has 1 aromatic carbocycles. The number of benzene rings is 1. The van der Waals surface area contributed by atoms with Crippen molar-refractivity contribution in [1.82, 2.24) is 0 Å². The van der Waals surface area contributed by atoms with E-state index in [2.05, 4.69) is 0 Å². The molecular weight excluding hydrogens is 209 g/mol. The van der Waals surface area contributed by atoms with Crippen LogP contribution in [-0.2, 0) is 0 Å². The molecule has 0 unspecified atom stereocenters. The molecule has 1 heterocycles. The number of fused-ring (bicyclic) bond motifs is 1. The summed E-state index contributed by atoms with van der Waals surface area (Å²) in [5.41, 5.74) is 0.394. The molecule has 14 heavy (non-hydrogen) atoms. The van der Waals surface area contributed by atoms with Gasteiger partial charge in [-0.3, -0.25) is 0 Å². The van der Waals surface area contributed by atoms with Crippen molar-refractivity contribution in [3.63, 3.8) is 0 Å². The van der Waals surface area contributed by atoms with Gasteiger partial charge in [-0.25, -0.2) is 13.2 Å². The third-order valence-corrected chi connectivity index (χ3v) is 3.18. The van der Waals surface area contributed by atoms with Crippen molar-refractivity contribution in [3.8, 4) is 0 Å². The van der Waals surface area contributed by atoms with E-state index >= 15 is 0 Å². The molecule has 4 heteroatoms. The van der Waals surface area contributed by atoms with Gasteiger partial charge in [0.1, 0.15) is 5.82 Å². The summed E-state index contributed by atoms with van der Waals surface area (Å²) in [6, 6.07) is 2.41. The number of hydrogen-bond donors (Lipinski definition) is 0. The second-order valence-corrected chi connectivity index (χ2v) is 4.00. The summed E-state index contributed by atoms with van der Waals surface area (Å²) in [5.74, 6) is -0.825. The van der Waals surface area contributed by atoms with Crippen LogP contribution in [0.25, 0.3) is 10.1 Å². The molecule has 0 spiro atoms. The molecule has 0 aliphatic rings. The highest BCUT2D eigenvalue weighted by atomic mass is 32.1. The largest absolute Gasteiger partial charge is 0.266 e. The van der Waals surface area contributed by atoms with Crippen LogP contribution in [0, 0.1) is 12.7 Å². The number of hydrogen-bond acceptors (Lipinski definition) is 1. The summed E-state index contributed by atoms with van der Waals surface area (Å²) in [4.78, 5) is 0. The van der Waals surface area contributed by atoms with Gasteiger partial charge in [0.05, 0.1) is 5.56 Å². The van der Waals surface area contributed by atoms with Crippen LogP contribution in [0.1, 0.15) is 17.6 Å². The maximum absolute atomic E-state index is 13.1. The molecule has 0 nitrogen and oxygen atoms in total. The van der Waals surface area contributed by atoms with E-state index in [-0.39, 0.29) is 0 Å². The zero-order valence-electron chi connectivity index (χ0n) is 7.35. The molecule has 0 aliphatic heterocycles. The van der Waals surface area contributed by atoms with Crippen LogP contribution in [0.4, 0.5) is 13.2 Å². The molecule has 0 atom stereocenters. The van der Waals surface area contributed by atoms with E-state index < -0.39 is 17.8 Å². The normalized spacial score (nSPS) is 11.5. The van der Waals surface area contributed by atoms with E-state index in [1.54, 1.807) is 0 Å². The van der Waals surface area contributed by atoms with Gasteiger partial charge in [0.15, 0.2) is 0 Å². The van der Waals surface area contributed by atoms with Crippen molar-refractivity contribution in [3.05, 3.63) is 34.5 Å². The Morgan fingerprint density at radius 3 is 2.64 bits per heavy atom. The van der Waals surface area contributed by atoms with Crippen LogP contribution < -0.4 is 0 Å². The Balaban J connectivity index is 2.74. The van der Waals surface area contributed by atoms with E-state index in [9.17, 15) is 13.2 Å². The summed E-state index contributed by atoms with van der Waals surface area (Å²) in [5, 5.41) is 2.55. The zero-order valence-corrected chi connectivity index (χ0v) is 8.17. The van der Waals surface area contributed by atoms with Crippen LogP contribution >= 0.6 is 11.3 Å². The van der Waals surface area contributed by atoms with Gasteiger partial charge in [-0.15, -0.1) is 11.3 Å². The van der Waals surface area contributed by atoms with Crippen LogP contribution in [0.3, 0.4) is 0 Å². The number of halogens is 3. The minimum atomic E-state index is -2.75. The van der Waals surface area contributed by atoms with E-state index in [4.69, 9.17) is 0 Å². The molecule has 0 fully saturated rings. The Morgan fingerprint density at radius 2 is 2.00 bits per heavy atom. The second-order valence-electron chi connectivity index (χ2n) is 3.09. The average Bonchev–Trinajstić information content (AvgIpc) is 2.46. The molecule has 0 radical (unpaired) electrons. The van der Waals surface area contributed by atoms with Gasteiger partial charge < -0.3 is 0 Å². The first-order chi connectivity index (χ1) is 6.59. The minimum absolute atomic E-state index is 0.515. The van der Waals surface area contributed by atoms with Crippen LogP contribution in [0.5, 0.6) is 0 Å². The van der Waals surface area contributed by atoms with Crippen molar-refractivity contribution in [2.45, 2.75) is 13.3 Å². The molecule has 2 aromatic rings. The molecule has 0 aliphatic carbocycles. The number of alkyl halides is 2. The smallest absolute Gasteiger partial charge is 0.206 e. The van der Waals surface area contributed by atoms with E-state index in [1.165, 1.54) is 23.5 Å². The average molecular weight is 216 g/mol. The molecule has 0 amide bonds. The van der Waals surface area contributed by atoms with Gasteiger partial charge >= 0.3 is 0 Å². The number of rotatable bonds is 1. The lowest BCUT2D eigenvalue weighted by atomic mass is 10.1. The van der Waals surface area contributed by atoms with Crippen molar-refractivity contribution in [1.29, 1.82) is 0 Å². The Labute approximate surface area is 83.0 Å². The van der Waals surface area contributed by atoms with Gasteiger partial charge in [-0.05, 0) is 35.4 Å². The Kier molecular flexibility index (Phi) is 2.23. The molecule has 74 valence electrons. The molecule has 0 N–H and O–H groups in total. The van der Waals surface area contributed by atoms with E-state index in [1.807, 2.05) is 12.3 Å². The van der Waals surface area contributed by atoms with Gasteiger partial charge in [0, 0.05) is 4.70 Å². The molecule has 0 bridgehead atoms. The molecule has 1 aromatic heterocycles. The number of aryl methyl sites for hydroxylation is 1. The third kappa shape index (κ3) is 1.39. The SMILES string of the molecule is Cc1csc2cc(F)c(C(F)F)cc12. The Bertz CT molecular complexity index is 473. The highest BCUT2D eigenvalue weighted by Crippen LogP contribution is 2.31. The Hall–Kier alpha value is -1.03. The summed E-state index contributed by atoms with van der Waals surface area (Å²) < 4.78 is 38.5. The second kappa shape index (κ2) is 3.28. The van der Waals surface area contributed by atoms with Gasteiger partial charge in [0.2, 0.25) is 0 Å². The lowest BCUT2D eigenvalue weighted by molar-refractivity contribution is 0.146. The van der Waals surface area contributed by atoms with Gasteiger partial charge in [0.25, 0.3) is 6.43 Å². The van der Waals surface area contributed by atoms with Gasteiger partial charge in [-0.1, -0.05) is 0 Å². The summed E-state index contributed by atoms with van der Waals surface area (Å²) in [6.07, 6.45) is -2.75. The Morgan fingerprint density at radius 1 is 1.29 bits per heavy atom. The highest BCUT2D eigenvalue weighted by molar-refractivity contribution is 7.17. The maximum Gasteiger partial charge on any atom is 0.266 e. The first-order valence-electron chi connectivity index (χ1n) is 4.05. The molecular formula is C10H7F3S. The van der Waals surface area contributed by atoms with E-state index in [0.717, 1.165) is 5.56 Å². The first-order valence-corrected chi connectivity index (χ1v) is 4.93. The fourth-order valence-electron chi connectivity index (χ4n) is 1.36. The summed E-state index contributed by atoms with van der Waals surface area (Å²) >= 11 is 1.36. The van der Waals surface area contributed by atoms with Crippen molar-refractivity contribution in [2.24, 2.45) is 0 Å². The van der Waals surface area contributed by atoms with Crippen molar-refractivity contribution in [2.75, 3.05) is 0 Å². The fraction of sp³-hybridized carbons (Fsp3) is 0.200. The third-order valence-electron chi connectivity index (χ3n) is 2.12. The monoisotopic (exact) mass is 216 g/mol. The quantitative estimate of drug-likeness (QED) is 0.667. The highest BCUT2D eigenvalue weighted by Gasteiger charge is 2.15. The van der Waals surface area contributed by atoms with Crippen molar-refractivity contribution < 1.29 is 13.2 Å². The van der Waals surface area contributed by atoms with Crippen molar-refractivity contribution >= 4 is 21.4 Å². The lowest BCUT2D eigenvalue weighted by Gasteiger charge is -2.02. The fourth-order valence-corrected chi connectivity index (χ4v) is 2.31. The number of thiophene rings is 1. The summed E-state index contributed by atoms with van der Waals surface area (Å²) in [6.45, 7) is 1.83. The summed E-state index contributed by atoms with van der Waals surface area (Å²) in [7, 11) is 0. The first kappa shape index (κ1) is 9.52.